The van der Waals surface area contributed by atoms with E-state index in [1.807, 2.05) is 12.3 Å². The van der Waals surface area contributed by atoms with Crippen molar-refractivity contribution in [2.75, 3.05) is 5.32 Å². The maximum Gasteiger partial charge on any atom is 0.134 e. The molecule has 2 N–H and O–H groups in total. The Kier molecular flexibility index (Phi) is 2.50. The number of nitrogens with zero attached hydrogens (tertiary/aromatic N) is 3. The van der Waals surface area contributed by atoms with Gasteiger partial charge in [0.05, 0.1) is 11.7 Å². The van der Waals surface area contributed by atoms with E-state index in [4.69, 9.17) is 9.97 Å². The van der Waals surface area contributed by atoms with Gasteiger partial charge in [-0.25, -0.2) is 9.97 Å². The van der Waals surface area contributed by atoms with Gasteiger partial charge in [0.15, 0.2) is 0 Å². The summed E-state index contributed by atoms with van der Waals surface area (Å²) in [5, 5.41) is 11.6. The van der Waals surface area contributed by atoms with Gasteiger partial charge in [0.1, 0.15) is 11.6 Å². The molecule has 2 saturated carbocycles. The number of anilines is 2. The number of hydrogen-bond donors (Lipinski definition) is 2. The van der Waals surface area contributed by atoms with Gasteiger partial charge in [0.2, 0.25) is 0 Å². The lowest BCUT2D eigenvalue weighted by atomic mass is 10.2. The molecule has 0 aliphatic heterocycles. The molecule has 5 rings (SSSR count). The smallest absolute Gasteiger partial charge is 0.134 e. The van der Waals surface area contributed by atoms with Crippen molar-refractivity contribution < 1.29 is 0 Å². The van der Waals surface area contributed by atoms with Crippen LogP contribution in [0.25, 0.3) is 10.9 Å². The van der Waals surface area contributed by atoms with Crippen LogP contribution in [0, 0.1) is 0 Å². The Morgan fingerprint density at radius 1 is 1.00 bits per heavy atom. The van der Waals surface area contributed by atoms with Gasteiger partial charge in [-0.1, -0.05) is 0 Å². The highest BCUT2D eigenvalue weighted by atomic mass is 15.1. The topological polar surface area (TPSA) is 66.5 Å². The number of benzene rings is 1. The van der Waals surface area contributed by atoms with Crippen LogP contribution < -0.4 is 5.32 Å². The summed E-state index contributed by atoms with van der Waals surface area (Å²) in [5.74, 6) is 3.17. The summed E-state index contributed by atoms with van der Waals surface area (Å²) in [6.45, 7) is 0. The number of H-pyrrole nitrogens is 1. The number of nitrogens with one attached hydrogen (secondary N) is 2. The average Bonchev–Trinajstić information content (AvgIpc) is 3.43. The first kappa shape index (κ1) is 12.1. The van der Waals surface area contributed by atoms with E-state index in [2.05, 4.69) is 33.7 Å². The van der Waals surface area contributed by atoms with E-state index in [0.29, 0.717) is 11.8 Å². The molecule has 2 heterocycles. The predicted molar refractivity (Wildman–Crippen MR) is 85.4 cm³/mol. The fourth-order valence-electron chi connectivity index (χ4n) is 2.83. The fourth-order valence-corrected chi connectivity index (χ4v) is 2.83. The van der Waals surface area contributed by atoms with Crippen LogP contribution in [0.1, 0.15) is 49.0 Å². The molecule has 1 aromatic carbocycles. The lowest BCUT2D eigenvalue weighted by Crippen LogP contribution is -2.02. The van der Waals surface area contributed by atoms with Gasteiger partial charge in [-0.2, -0.15) is 5.10 Å². The fraction of sp³-hybridized carbons (Fsp3) is 0.353. The highest BCUT2D eigenvalue weighted by Crippen LogP contribution is 2.43. The summed E-state index contributed by atoms with van der Waals surface area (Å²) in [4.78, 5) is 9.50. The number of aromatic amines is 1. The third kappa shape index (κ3) is 2.22. The van der Waals surface area contributed by atoms with Crippen LogP contribution in [-0.2, 0) is 0 Å². The second kappa shape index (κ2) is 4.53. The van der Waals surface area contributed by atoms with Gasteiger partial charge in [-0.3, -0.25) is 5.10 Å². The zero-order chi connectivity index (χ0) is 14.5. The highest BCUT2D eigenvalue weighted by Gasteiger charge is 2.31. The Bertz CT molecular complexity index is 815. The molecule has 0 atom stereocenters. The molecule has 2 aliphatic rings. The molecule has 0 amide bonds. The highest BCUT2D eigenvalue weighted by molar-refractivity contribution is 5.82. The van der Waals surface area contributed by atoms with Crippen LogP contribution in [0.5, 0.6) is 0 Å². The van der Waals surface area contributed by atoms with Crippen molar-refractivity contribution in [3.63, 3.8) is 0 Å². The molecule has 0 radical (unpaired) electrons. The molecule has 0 unspecified atom stereocenters. The van der Waals surface area contributed by atoms with E-state index in [1.54, 1.807) is 0 Å². The van der Waals surface area contributed by atoms with Gasteiger partial charge in [0.25, 0.3) is 0 Å². The third-order valence-corrected chi connectivity index (χ3v) is 4.41. The molecule has 2 aromatic heterocycles. The Labute approximate surface area is 128 Å². The normalized spacial score (nSPS) is 17.8. The quantitative estimate of drug-likeness (QED) is 0.766. The molecule has 0 spiro atoms. The van der Waals surface area contributed by atoms with Crippen LogP contribution in [0.3, 0.4) is 0 Å². The zero-order valence-corrected chi connectivity index (χ0v) is 12.2. The van der Waals surface area contributed by atoms with Crippen molar-refractivity contribution in [3.8, 4) is 0 Å². The second-order valence-corrected chi connectivity index (χ2v) is 6.38. The van der Waals surface area contributed by atoms with E-state index in [0.717, 1.165) is 28.2 Å². The molecule has 5 heteroatoms. The molecular formula is C17H17N5. The van der Waals surface area contributed by atoms with Crippen LogP contribution in [-0.4, -0.2) is 20.2 Å². The summed E-state index contributed by atoms with van der Waals surface area (Å²) in [6, 6.07) is 8.29. The Hall–Kier alpha value is -2.43. The molecule has 0 bridgehead atoms. The van der Waals surface area contributed by atoms with Crippen molar-refractivity contribution in [3.05, 3.63) is 42.0 Å². The van der Waals surface area contributed by atoms with Crippen molar-refractivity contribution in [1.29, 1.82) is 0 Å². The minimum atomic E-state index is 0.579. The van der Waals surface area contributed by atoms with Crippen LogP contribution >= 0.6 is 0 Å². The van der Waals surface area contributed by atoms with Gasteiger partial charge >= 0.3 is 0 Å². The van der Waals surface area contributed by atoms with E-state index < -0.39 is 0 Å². The molecule has 5 nitrogen and oxygen atoms in total. The summed E-state index contributed by atoms with van der Waals surface area (Å²) in [5.41, 5.74) is 3.30. The van der Waals surface area contributed by atoms with Gasteiger partial charge in [-0.05, 0) is 43.9 Å². The van der Waals surface area contributed by atoms with E-state index in [1.165, 1.54) is 31.4 Å². The molecule has 3 aromatic rings. The van der Waals surface area contributed by atoms with Crippen molar-refractivity contribution in [1.82, 2.24) is 20.2 Å². The number of rotatable bonds is 4. The summed E-state index contributed by atoms with van der Waals surface area (Å²) >= 11 is 0. The molecule has 110 valence electrons. The summed E-state index contributed by atoms with van der Waals surface area (Å²) < 4.78 is 0. The van der Waals surface area contributed by atoms with Crippen molar-refractivity contribution in [2.45, 2.75) is 37.5 Å². The SMILES string of the molecule is c1cc2[nH]ncc2cc1Nc1cc(C2CC2)nc(C2CC2)n1. The minimum absolute atomic E-state index is 0.579. The summed E-state index contributed by atoms with van der Waals surface area (Å²) in [6.07, 6.45) is 6.83. The Morgan fingerprint density at radius 3 is 2.68 bits per heavy atom. The van der Waals surface area contributed by atoms with E-state index in [9.17, 15) is 0 Å². The maximum atomic E-state index is 4.77. The van der Waals surface area contributed by atoms with Crippen LogP contribution in [0.4, 0.5) is 11.5 Å². The summed E-state index contributed by atoms with van der Waals surface area (Å²) in [7, 11) is 0. The second-order valence-electron chi connectivity index (χ2n) is 6.38. The first-order valence-electron chi connectivity index (χ1n) is 7.94. The van der Waals surface area contributed by atoms with E-state index in [-0.39, 0.29) is 0 Å². The minimum Gasteiger partial charge on any atom is -0.340 e. The average molecular weight is 291 g/mol. The monoisotopic (exact) mass is 291 g/mol. The largest absolute Gasteiger partial charge is 0.340 e. The molecule has 2 aliphatic carbocycles. The number of fused-ring (bicyclic) bond motifs is 1. The van der Waals surface area contributed by atoms with Crippen molar-refractivity contribution >= 4 is 22.4 Å². The Balaban J connectivity index is 1.50. The number of hydrogen-bond acceptors (Lipinski definition) is 4. The lowest BCUT2D eigenvalue weighted by Gasteiger charge is -2.09. The standard InChI is InChI=1S/C17H17N5/c1-2-10(1)15-8-16(21-17(20-15)11-3-4-11)19-13-5-6-14-12(7-13)9-18-22-14/h5-11H,1-4H2,(H,18,22)(H,19,20,21). The Morgan fingerprint density at radius 2 is 1.86 bits per heavy atom. The number of aromatic nitrogens is 4. The third-order valence-electron chi connectivity index (χ3n) is 4.41. The zero-order valence-electron chi connectivity index (χ0n) is 12.2. The van der Waals surface area contributed by atoms with Crippen molar-refractivity contribution in [2.24, 2.45) is 0 Å². The first-order chi connectivity index (χ1) is 10.8. The first-order valence-corrected chi connectivity index (χ1v) is 7.94. The molecule has 22 heavy (non-hydrogen) atoms. The van der Waals surface area contributed by atoms with Crippen LogP contribution in [0.2, 0.25) is 0 Å². The van der Waals surface area contributed by atoms with Gasteiger partial charge in [0, 0.05) is 34.7 Å². The van der Waals surface area contributed by atoms with E-state index >= 15 is 0 Å². The molecule has 0 saturated heterocycles. The molecular weight excluding hydrogens is 274 g/mol. The van der Waals surface area contributed by atoms with Gasteiger partial charge < -0.3 is 5.32 Å². The van der Waals surface area contributed by atoms with Crippen LogP contribution in [0.15, 0.2) is 30.5 Å². The molecule has 2 fully saturated rings. The van der Waals surface area contributed by atoms with Gasteiger partial charge in [-0.15, -0.1) is 0 Å². The lowest BCUT2D eigenvalue weighted by molar-refractivity contribution is 0.877. The predicted octanol–water partition coefficient (Wildman–Crippen LogP) is 3.85. The maximum absolute atomic E-state index is 4.77.